The molecule has 0 aromatic carbocycles. The van der Waals surface area contributed by atoms with E-state index in [0.29, 0.717) is 10.7 Å². The summed E-state index contributed by atoms with van der Waals surface area (Å²) < 4.78 is 0.320. The molecule has 1 atom stereocenters. The largest absolute Gasteiger partial charge is 0.341 e. The van der Waals surface area contributed by atoms with Gasteiger partial charge in [0.05, 0.1) is 5.41 Å². The fraction of sp³-hybridized carbons (Fsp3) is 0.929. The van der Waals surface area contributed by atoms with E-state index in [1.165, 1.54) is 0 Å². The normalized spacial score (nSPS) is 32.9. The van der Waals surface area contributed by atoms with Crippen LogP contribution in [0.25, 0.3) is 0 Å². The molecule has 0 aromatic heterocycles. The van der Waals surface area contributed by atoms with E-state index < -0.39 is 0 Å². The minimum Gasteiger partial charge on any atom is -0.341 e. The number of amides is 1. The summed E-state index contributed by atoms with van der Waals surface area (Å²) in [6.45, 7) is 10.5. The Morgan fingerprint density at radius 3 is 2.67 bits per heavy atom. The number of nitrogens with zero attached hydrogens (tertiary/aromatic N) is 1. The van der Waals surface area contributed by atoms with E-state index in [1.54, 1.807) is 0 Å². The van der Waals surface area contributed by atoms with Crippen molar-refractivity contribution in [2.45, 2.75) is 44.8 Å². The molecule has 2 saturated heterocycles. The molecule has 2 aliphatic rings. The lowest BCUT2D eigenvalue weighted by atomic mass is 9.81. The summed E-state index contributed by atoms with van der Waals surface area (Å²) in [5.74, 6) is 1.44. The smallest absolute Gasteiger partial charge is 0.229 e. The van der Waals surface area contributed by atoms with Crippen LogP contribution in [-0.4, -0.2) is 47.5 Å². The Hall–Kier alpha value is -0.220. The van der Waals surface area contributed by atoms with Gasteiger partial charge in [-0.1, -0.05) is 13.8 Å². The third-order valence-corrected chi connectivity index (χ3v) is 5.61. The number of thioether (sulfide) groups is 1. The zero-order valence-corrected chi connectivity index (χ0v) is 12.7. The first kappa shape index (κ1) is 14.2. The van der Waals surface area contributed by atoms with Crippen molar-refractivity contribution in [3.8, 4) is 0 Å². The molecule has 1 N–H and O–H groups in total. The Morgan fingerprint density at radius 2 is 2.00 bits per heavy atom. The molecule has 1 unspecified atom stereocenters. The molecule has 0 saturated carbocycles. The van der Waals surface area contributed by atoms with E-state index >= 15 is 0 Å². The first-order valence-corrected chi connectivity index (χ1v) is 8.06. The number of piperidine rings is 1. The summed E-state index contributed by atoms with van der Waals surface area (Å²) in [4.78, 5) is 14.8. The molecule has 18 heavy (non-hydrogen) atoms. The Morgan fingerprint density at radius 1 is 1.22 bits per heavy atom. The fourth-order valence-electron chi connectivity index (χ4n) is 2.84. The van der Waals surface area contributed by atoms with Crippen LogP contribution in [0.15, 0.2) is 0 Å². The van der Waals surface area contributed by atoms with Crippen LogP contribution in [0.4, 0.5) is 0 Å². The van der Waals surface area contributed by atoms with Gasteiger partial charge in [-0.15, -0.1) is 0 Å². The van der Waals surface area contributed by atoms with Crippen LogP contribution in [-0.2, 0) is 4.79 Å². The SMILES string of the molecule is CC1(C)CCN(C(=O)C2(C)CCCNC2)CCS1. The molecule has 2 fully saturated rings. The standard InChI is InChI=1S/C14H26N2OS/c1-13(2)6-8-16(9-10-18-13)12(17)14(3)5-4-7-15-11-14/h15H,4-11H2,1-3H3. The Labute approximate surface area is 115 Å². The van der Waals surface area contributed by atoms with Crippen molar-refractivity contribution in [3.05, 3.63) is 0 Å². The monoisotopic (exact) mass is 270 g/mol. The molecule has 0 spiro atoms. The van der Waals surface area contributed by atoms with E-state index in [2.05, 4.69) is 31.0 Å². The van der Waals surface area contributed by atoms with Gasteiger partial charge in [-0.05, 0) is 32.7 Å². The highest BCUT2D eigenvalue weighted by atomic mass is 32.2. The summed E-state index contributed by atoms with van der Waals surface area (Å²) >= 11 is 2.00. The van der Waals surface area contributed by atoms with Crippen LogP contribution in [0.2, 0.25) is 0 Å². The molecule has 104 valence electrons. The van der Waals surface area contributed by atoms with E-state index in [4.69, 9.17) is 0 Å². The lowest BCUT2D eigenvalue weighted by Crippen LogP contribution is -2.50. The third kappa shape index (κ3) is 3.21. The van der Waals surface area contributed by atoms with Crippen LogP contribution >= 0.6 is 11.8 Å². The van der Waals surface area contributed by atoms with Gasteiger partial charge in [0.25, 0.3) is 0 Å². The number of nitrogens with one attached hydrogen (secondary N) is 1. The lowest BCUT2D eigenvalue weighted by molar-refractivity contribution is -0.142. The van der Waals surface area contributed by atoms with Crippen molar-refractivity contribution < 1.29 is 4.79 Å². The van der Waals surface area contributed by atoms with E-state index in [0.717, 1.165) is 51.2 Å². The minimum absolute atomic E-state index is 0.169. The molecular formula is C14H26N2OS. The number of hydrogen-bond donors (Lipinski definition) is 1. The highest BCUT2D eigenvalue weighted by Gasteiger charge is 2.38. The van der Waals surface area contributed by atoms with Crippen LogP contribution in [0.5, 0.6) is 0 Å². The summed E-state index contributed by atoms with van der Waals surface area (Å²) in [6.07, 6.45) is 3.26. The molecule has 0 aliphatic carbocycles. The van der Waals surface area contributed by atoms with E-state index in [1.807, 2.05) is 11.8 Å². The average molecular weight is 270 g/mol. The second kappa shape index (κ2) is 5.41. The summed E-state index contributed by atoms with van der Waals surface area (Å²) in [5.41, 5.74) is -0.169. The van der Waals surface area contributed by atoms with Crippen molar-refractivity contribution in [1.82, 2.24) is 10.2 Å². The number of carbonyl (C=O) groups excluding carboxylic acids is 1. The first-order valence-electron chi connectivity index (χ1n) is 7.07. The number of rotatable bonds is 1. The van der Waals surface area contributed by atoms with Gasteiger partial charge in [-0.25, -0.2) is 0 Å². The quantitative estimate of drug-likeness (QED) is 0.792. The molecule has 4 heteroatoms. The maximum absolute atomic E-state index is 12.7. The minimum atomic E-state index is -0.169. The molecule has 0 bridgehead atoms. The number of carbonyl (C=O) groups is 1. The van der Waals surface area contributed by atoms with Crippen LogP contribution in [0.3, 0.4) is 0 Å². The molecular weight excluding hydrogens is 244 g/mol. The van der Waals surface area contributed by atoms with Gasteiger partial charge in [0.15, 0.2) is 0 Å². The van der Waals surface area contributed by atoms with Crippen molar-refractivity contribution in [2.24, 2.45) is 5.41 Å². The molecule has 2 aliphatic heterocycles. The zero-order valence-electron chi connectivity index (χ0n) is 11.9. The van der Waals surface area contributed by atoms with Crippen molar-refractivity contribution in [1.29, 1.82) is 0 Å². The second-order valence-corrected chi connectivity index (χ2v) is 8.29. The predicted octanol–water partition coefficient (Wildman–Crippen LogP) is 2.12. The number of hydrogen-bond acceptors (Lipinski definition) is 3. The van der Waals surface area contributed by atoms with Gasteiger partial charge in [0.2, 0.25) is 5.91 Å². The third-order valence-electron chi connectivity index (χ3n) is 4.24. The van der Waals surface area contributed by atoms with Crippen LogP contribution < -0.4 is 5.32 Å². The van der Waals surface area contributed by atoms with Gasteiger partial charge < -0.3 is 10.2 Å². The van der Waals surface area contributed by atoms with Crippen molar-refractivity contribution in [3.63, 3.8) is 0 Å². The lowest BCUT2D eigenvalue weighted by Gasteiger charge is -2.37. The molecule has 1 amide bonds. The van der Waals surface area contributed by atoms with Crippen molar-refractivity contribution in [2.75, 3.05) is 31.9 Å². The zero-order chi connectivity index (χ0) is 13.2. The van der Waals surface area contributed by atoms with Gasteiger partial charge in [-0.3, -0.25) is 4.79 Å². The maximum atomic E-state index is 12.7. The molecule has 0 radical (unpaired) electrons. The highest BCUT2D eigenvalue weighted by molar-refractivity contribution is 8.00. The Kier molecular flexibility index (Phi) is 4.27. The molecule has 3 nitrogen and oxygen atoms in total. The van der Waals surface area contributed by atoms with Gasteiger partial charge in [0, 0.05) is 30.1 Å². The summed E-state index contributed by atoms with van der Waals surface area (Å²) in [5, 5.41) is 3.37. The summed E-state index contributed by atoms with van der Waals surface area (Å²) in [6, 6.07) is 0. The summed E-state index contributed by atoms with van der Waals surface area (Å²) in [7, 11) is 0. The van der Waals surface area contributed by atoms with Crippen molar-refractivity contribution >= 4 is 17.7 Å². The Balaban J connectivity index is 2.00. The van der Waals surface area contributed by atoms with Gasteiger partial charge in [-0.2, -0.15) is 11.8 Å². The van der Waals surface area contributed by atoms with E-state index in [9.17, 15) is 4.79 Å². The second-order valence-electron chi connectivity index (χ2n) is 6.49. The maximum Gasteiger partial charge on any atom is 0.229 e. The van der Waals surface area contributed by atoms with E-state index in [-0.39, 0.29) is 5.41 Å². The van der Waals surface area contributed by atoms with Crippen LogP contribution in [0, 0.1) is 5.41 Å². The topological polar surface area (TPSA) is 32.3 Å². The van der Waals surface area contributed by atoms with Gasteiger partial charge in [0.1, 0.15) is 0 Å². The molecule has 0 aromatic rings. The van der Waals surface area contributed by atoms with Gasteiger partial charge >= 0.3 is 0 Å². The van der Waals surface area contributed by atoms with Crippen LogP contribution in [0.1, 0.15) is 40.0 Å². The first-order chi connectivity index (χ1) is 8.43. The predicted molar refractivity (Wildman–Crippen MR) is 77.9 cm³/mol. The fourth-order valence-corrected chi connectivity index (χ4v) is 3.94. The molecule has 2 heterocycles. The molecule has 2 rings (SSSR count). The highest BCUT2D eigenvalue weighted by Crippen LogP contribution is 2.33. The average Bonchev–Trinajstić information content (AvgIpc) is 2.50. The Bertz CT molecular complexity index is 311.